The van der Waals surface area contributed by atoms with Gasteiger partial charge in [-0.05, 0) is 43.5 Å². The highest BCUT2D eigenvalue weighted by Gasteiger charge is 2.13. The molecule has 1 rings (SSSR count). The lowest BCUT2D eigenvalue weighted by Gasteiger charge is -2.13. The van der Waals surface area contributed by atoms with Crippen LogP contribution >= 0.6 is 0 Å². The lowest BCUT2D eigenvalue weighted by Crippen LogP contribution is -2.09. The van der Waals surface area contributed by atoms with Crippen LogP contribution in [0.4, 0.5) is 0 Å². The lowest BCUT2D eigenvalue weighted by molar-refractivity contribution is -0.130. The van der Waals surface area contributed by atoms with E-state index in [1.54, 1.807) is 14.0 Å². The van der Waals surface area contributed by atoms with Crippen molar-refractivity contribution < 1.29 is 14.3 Å². The molecule has 1 aromatic carbocycles. The Morgan fingerprint density at radius 3 is 2.50 bits per heavy atom. The van der Waals surface area contributed by atoms with E-state index in [0.29, 0.717) is 17.1 Å². The Morgan fingerprint density at radius 1 is 1.33 bits per heavy atom. The van der Waals surface area contributed by atoms with Crippen LogP contribution in [-0.4, -0.2) is 13.1 Å². The highest BCUT2D eigenvalue weighted by atomic mass is 16.6. The van der Waals surface area contributed by atoms with E-state index in [2.05, 4.69) is 13.5 Å². The molecule has 3 heteroatoms. The van der Waals surface area contributed by atoms with E-state index < -0.39 is 5.97 Å². The molecule has 0 saturated carbocycles. The topological polar surface area (TPSA) is 35.5 Å². The maximum atomic E-state index is 11.5. The van der Waals surface area contributed by atoms with Gasteiger partial charge >= 0.3 is 5.97 Å². The van der Waals surface area contributed by atoms with Gasteiger partial charge in [0.1, 0.15) is 0 Å². The van der Waals surface area contributed by atoms with Crippen molar-refractivity contribution in [3.05, 3.63) is 35.4 Å². The molecule has 0 bridgehead atoms. The minimum absolute atomic E-state index is 0.368. The fourth-order valence-corrected chi connectivity index (χ4v) is 1.67. The van der Waals surface area contributed by atoms with Crippen molar-refractivity contribution in [2.24, 2.45) is 0 Å². The molecule has 0 aromatic heterocycles. The second-order valence-corrected chi connectivity index (χ2v) is 4.35. The molecular weight excluding hydrogens is 228 g/mol. The number of ether oxygens (including phenoxy) is 2. The molecule has 0 amide bonds. The largest absolute Gasteiger partial charge is 0.493 e. The van der Waals surface area contributed by atoms with Crippen LogP contribution in [0.5, 0.6) is 11.5 Å². The number of hydrogen-bond donors (Lipinski definition) is 0. The van der Waals surface area contributed by atoms with Crippen LogP contribution in [0.1, 0.15) is 31.4 Å². The molecule has 0 unspecified atom stereocenters. The van der Waals surface area contributed by atoms with Gasteiger partial charge in [0.2, 0.25) is 0 Å². The van der Waals surface area contributed by atoms with Gasteiger partial charge in [-0.3, -0.25) is 0 Å². The van der Waals surface area contributed by atoms with Crippen molar-refractivity contribution in [3.63, 3.8) is 0 Å². The summed E-state index contributed by atoms with van der Waals surface area (Å²) in [6, 6.07) is 3.77. The number of rotatable bonds is 5. The number of esters is 1. The van der Waals surface area contributed by atoms with Gasteiger partial charge in [-0.1, -0.05) is 19.9 Å². The van der Waals surface area contributed by atoms with Crippen molar-refractivity contribution >= 4 is 5.97 Å². The Morgan fingerprint density at radius 2 is 2.00 bits per heavy atom. The zero-order valence-electron chi connectivity index (χ0n) is 11.5. The first-order valence-electron chi connectivity index (χ1n) is 6.04. The summed E-state index contributed by atoms with van der Waals surface area (Å²) in [7, 11) is 1.57. The Balaban J connectivity index is 3.08. The van der Waals surface area contributed by atoms with E-state index in [-0.39, 0.29) is 0 Å². The maximum Gasteiger partial charge on any atom is 0.338 e. The normalized spacial score (nSPS) is 10.0. The van der Waals surface area contributed by atoms with Gasteiger partial charge in [0, 0.05) is 5.57 Å². The predicted octanol–water partition coefficient (Wildman–Crippen LogP) is 3.44. The summed E-state index contributed by atoms with van der Waals surface area (Å²) in [5.41, 5.74) is 2.68. The molecule has 0 saturated heterocycles. The van der Waals surface area contributed by atoms with Gasteiger partial charge in [0.15, 0.2) is 11.5 Å². The van der Waals surface area contributed by atoms with Gasteiger partial charge in [0.05, 0.1) is 7.11 Å². The lowest BCUT2D eigenvalue weighted by atomic mass is 10.0. The SMILES string of the molecule is C=C(C)C(=O)Oc1cc(C)c(CCC)cc1OC. The summed E-state index contributed by atoms with van der Waals surface area (Å²) in [6.45, 7) is 9.31. The maximum absolute atomic E-state index is 11.5. The van der Waals surface area contributed by atoms with Gasteiger partial charge in [-0.15, -0.1) is 0 Å². The van der Waals surface area contributed by atoms with Crippen molar-refractivity contribution in [3.8, 4) is 11.5 Å². The number of benzene rings is 1. The molecule has 0 heterocycles. The molecule has 0 atom stereocenters. The van der Waals surface area contributed by atoms with Crippen LogP contribution in [0.3, 0.4) is 0 Å². The molecule has 3 nitrogen and oxygen atoms in total. The standard InChI is InChI=1S/C15H20O3/c1-6-7-12-9-13(17-5)14(8-11(12)4)18-15(16)10(2)3/h8-9H,2,6-7H2,1,3-5H3. The van der Waals surface area contributed by atoms with E-state index in [9.17, 15) is 4.79 Å². The quantitative estimate of drug-likeness (QED) is 0.455. The number of methoxy groups -OCH3 is 1. The molecule has 0 fully saturated rings. The third-order valence-corrected chi connectivity index (χ3v) is 2.69. The average molecular weight is 248 g/mol. The van der Waals surface area contributed by atoms with Crippen molar-refractivity contribution in [1.29, 1.82) is 0 Å². The number of hydrogen-bond acceptors (Lipinski definition) is 3. The highest BCUT2D eigenvalue weighted by Crippen LogP contribution is 2.31. The van der Waals surface area contributed by atoms with Gasteiger partial charge in [-0.2, -0.15) is 0 Å². The molecule has 0 spiro atoms. The molecule has 0 radical (unpaired) electrons. The van der Waals surface area contributed by atoms with Gasteiger partial charge < -0.3 is 9.47 Å². The van der Waals surface area contributed by atoms with E-state index in [1.807, 2.05) is 19.1 Å². The third kappa shape index (κ3) is 3.36. The van der Waals surface area contributed by atoms with Gasteiger partial charge in [-0.25, -0.2) is 4.79 Å². The zero-order chi connectivity index (χ0) is 13.7. The van der Waals surface area contributed by atoms with E-state index in [1.165, 1.54) is 5.56 Å². The third-order valence-electron chi connectivity index (χ3n) is 2.69. The first-order valence-corrected chi connectivity index (χ1v) is 6.04. The second-order valence-electron chi connectivity index (χ2n) is 4.35. The summed E-state index contributed by atoms with van der Waals surface area (Å²) in [6.07, 6.45) is 2.05. The first-order chi connectivity index (χ1) is 8.49. The highest BCUT2D eigenvalue weighted by molar-refractivity contribution is 5.89. The zero-order valence-corrected chi connectivity index (χ0v) is 11.5. The summed E-state index contributed by atoms with van der Waals surface area (Å²) in [5, 5.41) is 0. The van der Waals surface area contributed by atoms with Crippen molar-refractivity contribution in [2.45, 2.75) is 33.6 Å². The second kappa shape index (κ2) is 6.24. The molecule has 1 aromatic rings. The average Bonchev–Trinajstić information content (AvgIpc) is 2.32. The molecule has 0 N–H and O–H groups in total. The monoisotopic (exact) mass is 248 g/mol. The summed E-state index contributed by atoms with van der Waals surface area (Å²) in [5.74, 6) is 0.595. The fourth-order valence-electron chi connectivity index (χ4n) is 1.67. The Labute approximate surface area is 108 Å². The van der Waals surface area contributed by atoms with Crippen LogP contribution < -0.4 is 9.47 Å². The first kappa shape index (κ1) is 14.3. The Bertz CT molecular complexity index is 461. The minimum atomic E-state index is -0.434. The fraction of sp³-hybridized carbons (Fsp3) is 0.400. The summed E-state index contributed by atoms with van der Waals surface area (Å²) in [4.78, 5) is 11.5. The molecule has 18 heavy (non-hydrogen) atoms. The number of carbonyl (C=O) groups is 1. The molecular formula is C15H20O3. The molecule has 98 valence electrons. The van der Waals surface area contributed by atoms with E-state index >= 15 is 0 Å². The Kier molecular flexibility index (Phi) is 4.95. The Hall–Kier alpha value is -1.77. The van der Waals surface area contributed by atoms with Crippen LogP contribution in [-0.2, 0) is 11.2 Å². The van der Waals surface area contributed by atoms with Gasteiger partial charge in [0.25, 0.3) is 0 Å². The predicted molar refractivity (Wildman–Crippen MR) is 72.2 cm³/mol. The minimum Gasteiger partial charge on any atom is -0.493 e. The summed E-state index contributed by atoms with van der Waals surface area (Å²) < 4.78 is 10.5. The van der Waals surface area contributed by atoms with Crippen LogP contribution in [0.15, 0.2) is 24.3 Å². The van der Waals surface area contributed by atoms with Crippen LogP contribution in [0.25, 0.3) is 0 Å². The van der Waals surface area contributed by atoms with E-state index in [4.69, 9.17) is 9.47 Å². The van der Waals surface area contributed by atoms with Crippen molar-refractivity contribution in [1.82, 2.24) is 0 Å². The molecule has 0 aliphatic carbocycles. The number of carbonyl (C=O) groups excluding carboxylic acids is 1. The van der Waals surface area contributed by atoms with Crippen LogP contribution in [0.2, 0.25) is 0 Å². The smallest absolute Gasteiger partial charge is 0.338 e. The number of aryl methyl sites for hydroxylation is 2. The van der Waals surface area contributed by atoms with Crippen molar-refractivity contribution in [2.75, 3.05) is 7.11 Å². The van der Waals surface area contributed by atoms with E-state index in [0.717, 1.165) is 18.4 Å². The molecule has 0 aliphatic rings. The molecule has 0 aliphatic heterocycles. The summed E-state index contributed by atoms with van der Waals surface area (Å²) >= 11 is 0. The van der Waals surface area contributed by atoms with Crippen LogP contribution in [0, 0.1) is 6.92 Å².